The van der Waals surface area contributed by atoms with E-state index in [4.69, 9.17) is 10.7 Å². The minimum absolute atomic E-state index is 0.127. The molecule has 4 aliphatic rings. The maximum atomic E-state index is 10.9. The standard InChI is InChI=1S/C12H19ClO2S2/c13-17(14,15)2-1-16-12-10-4-8-3-9(6-10)7-11(12)5-8/h8-12H,1-7H2. The lowest BCUT2D eigenvalue weighted by atomic mass is 9.56. The van der Waals surface area contributed by atoms with E-state index in [1.54, 1.807) is 0 Å². The van der Waals surface area contributed by atoms with Gasteiger partial charge in [-0.15, -0.1) is 0 Å². The second-order valence-electron chi connectivity index (χ2n) is 6.01. The van der Waals surface area contributed by atoms with E-state index in [9.17, 15) is 8.42 Å². The van der Waals surface area contributed by atoms with E-state index in [-0.39, 0.29) is 5.75 Å². The highest BCUT2D eigenvalue weighted by atomic mass is 35.7. The summed E-state index contributed by atoms with van der Waals surface area (Å²) < 4.78 is 21.9. The number of thioether (sulfide) groups is 1. The Morgan fingerprint density at radius 1 is 1.00 bits per heavy atom. The molecule has 0 radical (unpaired) electrons. The van der Waals surface area contributed by atoms with E-state index in [0.29, 0.717) is 5.75 Å². The van der Waals surface area contributed by atoms with Gasteiger partial charge in [0, 0.05) is 21.7 Å². The summed E-state index contributed by atoms with van der Waals surface area (Å²) in [5, 5.41) is 0.723. The largest absolute Gasteiger partial charge is 0.233 e. The van der Waals surface area contributed by atoms with Crippen molar-refractivity contribution in [2.45, 2.75) is 37.4 Å². The molecule has 4 saturated carbocycles. The van der Waals surface area contributed by atoms with Crippen molar-refractivity contribution < 1.29 is 8.42 Å². The molecule has 4 aliphatic carbocycles. The molecule has 0 atom stereocenters. The van der Waals surface area contributed by atoms with Gasteiger partial charge in [-0.05, 0) is 55.8 Å². The Labute approximate surface area is 112 Å². The lowest BCUT2D eigenvalue weighted by Crippen LogP contribution is -2.47. The van der Waals surface area contributed by atoms with Gasteiger partial charge in [0.05, 0.1) is 5.75 Å². The van der Waals surface area contributed by atoms with Crippen LogP contribution >= 0.6 is 22.4 Å². The molecule has 0 aliphatic heterocycles. The molecule has 17 heavy (non-hydrogen) atoms. The first-order valence-electron chi connectivity index (χ1n) is 6.55. The van der Waals surface area contributed by atoms with Crippen LogP contribution in [0, 0.1) is 23.7 Å². The van der Waals surface area contributed by atoms with Crippen molar-refractivity contribution in [3.63, 3.8) is 0 Å². The molecule has 0 aromatic rings. The SMILES string of the molecule is O=S(=O)(Cl)CCSC1C2CC3CC(C2)CC1C3. The van der Waals surface area contributed by atoms with Crippen molar-refractivity contribution in [3.05, 3.63) is 0 Å². The maximum Gasteiger partial charge on any atom is 0.233 e. The summed E-state index contributed by atoms with van der Waals surface area (Å²) in [4.78, 5) is 0. The quantitative estimate of drug-likeness (QED) is 0.747. The molecule has 4 bridgehead atoms. The summed E-state index contributed by atoms with van der Waals surface area (Å²) in [5.74, 6) is 4.53. The molecule has 0 aromatic carbocycles. The fourth-order valence-electron chi connectivity index (χ4n) is 4.43. The molecule has 2 nitrogen and oxygen atoms in total. The first kappa shape index (κ1) is 12.6. The van der Waals surface area contributed by atoms with Crippen LogP contribution in [0.4, 0.5) is 0 Å². The van der Waals surface area contributed by atoms with Crippen LogP contribution < -0.4 is 0 Å². The molecule has 5 heteroatoms. The molecular formula is C12H19ClO2S2. The van der Waals surface area contributed by atoms with Crippen molar-refractivity contribution in [2.24, 2.45) is 23.7 Å². The topological polar surface area (TPSA) is 34.1 Å². The first-order chi connectivity index (χ1) is 8.01. The van der Waals surface area contributed by atoms with Crippen LogP contribution in [0.25, 0.3) is 0 Å². The van der Waals surface area contributed by atoms with E-state index >= 15 is 0 Å². The summed E-state index contributed by atoms with van der Waals surface area (Å²) in [6.45, 7) is 0. The van der Waals surface area contributed by atoms with Gasteiger partial charge in [0.25, 0.3) is 0 Å². The predicted octanol–water partition coefficient (Wildman–Crippen LogP) is 3.11. The molecule has 0 saturated heterocycles. The minimum atomic E-state index is -3.30. The van der Waals surface area contributed by atoms with Gasteiger partial charge < -0.3 is 0 Å². The summed E-state index contributed by atoms with van der Waals surface area (Å²) in [6.07, 6.45) is 7.08. The molecule has 4 fully saturated rings. The van der Waals surface area contributed by atoms with Crippen LogP contribution in [-0.2, 0) is 9.05 Å². The lowest BCUT2D eigenvalue weighted by Gasteiger charge is -2.54. The molecular weight excluding hydrogens is 276 g/mol. The van der Waals surface area contributed by atoms with Gasteiger partial charge in [0.1, 0.15) is 0 Å². The third-order valence-electron chi connectivity index (χ3n) is 4.78. The summed E-state index contributed by atoms with van der Waals surface area (Å²) >= 11 is 1.88. The molecule has 4 rings (SSSR count). The Morgan fingerprint density at radius 3 is 2.00 bits per heavy atom. The Balaban J connectivity index is 1.57. The van der Waals surface area contributed by atoms with Gasteiger partial charge in [-0.25, -0.2) is 8.42 Å². The number of halogens is 1. The van der Waals surface area contributed by atoms with Crippen LogP contribution in [0.1, 0.15) is 32.1 Å². The number of hydrogen-bond donors (Lipinski definition) is 0. The van der Waals surface area contributed by atoms with Crippen LogP contribution in [-0.4, -0.2) is 25.2 Å². The van der Waals surface area contributed by atoms with Gasteiger partial charge >= 0.3 is 0 Å². The highest BCUT2D eigenvalue weighted by Gasteiger charge is 2.48. The summed E-state index contributed by atoms with van der Waals surface area (Å²) in [7, 11) is 1.96. The fourth-order valence-corrected chi connectivity index (χ4v) is 7.44. The molecule has 0 spiro atoms. The lowest BCUT2D eigenvalue weighted by molar-refractivity contribution is 0.0267. The Morgan fingerprint density at radius 2 is 1.53 bits per heavy atom. The van der Waals surface area contributed by atoms with Gasteiger partial charge in [0.2, 0.25) is 9.05 Å². The maximum absolute atomic E-state index is 10.9. The number of rotatable bonds is 4. The molecule has 0 N–H and O–H groups in total. The van der Waals surface area contributed by atoms with Gasteiger partial charge in [-0.2, -0.15) is 11.8 Å². The van der Waals surface area contributed by atoms with Crippen LogP contribution in [0.15, 0.2) is 0 Å². The molecule has 98 valence electrons. The van der Waals surface area contributed by atoms with Gasteiger partial charge in [0.15, 0.2) is 0 Å². The second kappa shape index (κ2) is 4.61. The average Bonchev–Trinajstić information content (AvgIpc) is 2.19. The van der Waals surface area contributed by atoms with Crippen molar-refractivity contribution >= 4 is 31.5 Å². The van der Waals surface area contributed by atoms with E-state index in [1.807, 2.05) is 11.8 Å². The van der Waals surface area contributed by atoms with E-state index in [1.165, 1.54) is 32.1 Å². The fraction of sp³-hybridized carbons (Fsp3) is 1.00. The van der Waals surface area contributed by atoms with E-state index in [2.05, 4.69) is 0 Å². The zero-order valence-corrected chi connectivity index (χ0v) is 12.2. The first-order valence-corrected chi connectivity index (χ1v) is 10.1. The second-order valence-corrected chi connectivity index (χ2v) is 10.2. The van der Waals surface area contributed by atoms with Gasteiger partial charge in [-0.1, -0.05) is 0 Å². The summed E-state index contributed by atoms with van der Waals surface area (Å²) in [6, 6.07) is 0. The van der Waals surface area contributed by atoms with Crippen LogP contribution in [0.2, 0.25) is 0 Å². The third kappa shape index (κ3) is 2.79. The van der Waals surface area contributed by atoms with E-state index < -0.39 is 9.05 Å². The highest BCUT2D eigenvalue weighted by molar-refractivity contribution is 8.14. The molecule has 0 unspecified atom stereocenters. The summed E-state index contributed by atoms with van der Waals surface area (Å²) in [5.41, 5.74) is 0. The van der Waals surface area contributed by atoms with Crippen LogP contribution in [0.5, 0.6) is 0 Å². The number of hydrogen-bond acceptors (Lipinski definition) is 3. The molecule has 0 amide bonds. The van der Waals surface area contributed by atoms with Crippen LogP contribution in [0.3, 0.4) is 0 Å². The van der Waals surface area contributed by atoms with Crippen molar-refractivity contribution in [1.82, 2.24) is 0 Å². The Hall–Kier alpha value is 0.590. The Bertz CT molecular complexity index is 365. The zero-order valence-electron chi connectivity index (χ0n) is 9.85. The van der Waals surface area contributed by atoms with Crippen molar-refractivity contribution in [2.75, 3.05) is 11.5 Å². The molecule has 0 heterocycles. The van der Waals surface area contributed by atoms with Crippen molar-refractivity contribution in [3.8, 4) is 0 Å². The third-order valence-corrected chi connectivity index (χ3v) is 7.79. The van der Waals surface area contributed by atoms with Crippen molar-refractivity contribution in [1.29, 1.82) is 0 Å². The predicted molar refractivity (Wildman–Crippen MR) is 72.9 cm³/mol. The van der Waals surface area contributed by atoms with Gasteiger partial charge in [-0.3, -0.25) is 0 Å². The molecule has 0 aromatic heterocycles. The normalized spacial score (nSPS) is 44.2. The highest BCUT2D eigenvalue weighted by Crippen LogP contribution is 2.56. The average molecular weight is 295 g/mol. The smallest absolute Gasteiger partial charge is 0.212 e. The zero-order chi connectivity index (χ0) is 12.0. The minimum Gasteiger partial charge on any atom is -0.212 e. The Kier molecular flexibility index (Phi) is 3.42. The van der Waals surface area contributed by atoms with E-state index in [0.717, 1.165) is 28.9 Å². The monoisotopic (exact) mass is 294 g/mol.